The number of aromatic nitrogens is 2. The molecule has 3 nitrogen and oxygen atoms in total. The summed E-state index contributed by atoms with van der Waals surface area (Å²) in [7, 11) is -3.15. The third kappa shape index (κ3) is 2.95. The molecule has 0 aliphatic rings. The van der Waals surface area contributed by atoms with E-state index < -0.39 is 7.14 Å². The molecule has 0 aliphatic heterocycles. The minimum Gasteiger partial charge on any atom is -0.307 e. The zero-order chi connectivity index (χ0) is 19.8. The van der Waals surface area contributed by atoms with Crippen LogP contribution < -0.4 is 16.0 Å². The van der Waals surface area contributed by atoms with Gasteiger partial charge in [-0.1, -0.05) is 84.9 Å². The Kier molecular flexibility index (Phi) is 4.26. The van der Waals surface area contributed by atoms with Gasteiger partial charge in [-0.2, -0.15) is 0 Å². The first-order valence-electron chi connectivity index (χ1n) is 9.55. The molecule has 4 aromatic carbocycles. The summed E-state index contributed by atoms with van der Waals surface area (Å²) < 4.78 is 14.6. The molecule has 0 amide bonds. The van der Waals surface area contributed by atoms with E-state index in [1.165, 1.54) is 0 Å². The van der Waals surface area contributed by atoms with Gasteiger partial charge in [0, 0.05) is 10.6 Å². The van der Waals surface area contributed by atoms with Gasteiger partial charge in [0.2, 0.25) is 0 Å². The van der Waals surface area contributed by atoms with Crippen LogP contribution in [0.2, 0.25) is 0 Å². The summed E-state index contributed by atoms with van der Waals surface area (Å²) in [5.74, 6) is 0. The minimum atomic E-state index is -3.15. The van der Waals surface area contributed by atoms with Crippen molar-refractivity contribution in [3.05, 3.63) is 103 Å². The highest BCUT2D eigenvalue weighted by atomic mass is 31.2. The van der Waals surface area contributed by atoms with Gasteiger partial charge in [-0.15, -0.1) is 0 Å². The second-order valence-electron chi connectivity index (χ2n) is 7.10. The molecule has 1 heterocycles. The first kappa shape index (κ1) is 17.8. The molecule has 0 aliphatic carbocycles. The Hall–Kier alpha value is -3.29. The number of hydrogen-bond donors (Lipinski definition) is 0. The fourth-order valence-corrected chi connectivity index (χ4v) is 6.51. The Balaban J connectivity index is 1.83. The van der Waals surface area contributed by atoms with Gasteiger partial charge in [-0.3, -0.25) is 0 Å². The first-order valence-corrected chi connectivity index (χ1v) is 11.3. The van der Waals surface area contributed by atoms with Crippen LogP contribution in [0, 0.1) is 6.92 Å². The Labute approximate surface area is 169 Å². The van der Waals surface area contributed by atoms with Gasteiger partial charge in [-0.25, -0.2) is 9.97 Å². The SMILES string of the molecule is Cc1nc2cc3ccccc3cc2nc1P(=O)(c1ccccc1)c1ccccc1. The summed E-state index contributed by atoms with van der Waals surface area (Å²) in [6.45, 7) is 1.90. The summed E-state index contributed by atoms with van der Waals surface area (Å²) in [4.78, 5) is 9.73. The molecule has 0 bridgehead atoms. The smallest absolute Gasteiger partial charge is 0.190 e. The van der Waals surface area contributed by atoms with E-state index in [1.54, 1.807) is 0 Å². The average Bonchev–Trinajstić information content (AvgIpc) is 2.78. The third-order valence-corrected chi connectivity index (χ3v) is 8.29. The second-order valence-corrected chi connectivity index (χ2v) is 9.78. The molecule has 0 fully saturated rings. The average molecular weight is 394 g/mol. The van der Waals surface area contributed by atoms with Crippen molar-refractivity contribution in [2.75, 3.05) is 0 Å². The standard InChI is InChI=1S/C25H19N2OP/c1-18-25(27-24-17-20-11-9-8-10-19(20)16-23(24)26-18)29(28,21-12-4-2-5-13-21)22-14-6-3-7-15-22/h2-17H,1H3. The van der Waals surface area contributed by atoms with Crippen molar-refractivity contribution in [1.82, 2.24) is 9.97 Å². The van der Waals surface area contributed by atoms with E-state index >= 15 is 0 Å². The summed E-state index contributed by atoms with van der Waals surface area (Å²) in [5.41, 5.74) is 2.83. The molecule has 5 aromatic rings. The lowest BCUT2D eigenvalue weighted by Crippen LogP contribution is -2.29. The number of benzene rings is 4. The van der Waals surface area contributed by atoms with Crippen molar-refractivity contribution in [1.29, 1.82) is 0 Å². The van der Waals surface area contributed by atoms with E-state index in [1.807, 2.05) is 91.9 Å². The van der Waals surface area contributed by atoms with Crippen LogP contribution in [0.1, 0.15) is 5.69 Å². The van der Waals surface area contributed by atoms with Gasteiger partial charge in [0.05, 0.1) is 16.7 Å². The van der Waals surface area contributed by atoms with E-state index in [0.717, 1.165) is 32.4 Å². The Morgan fingerprint density at radius 3 is 1.59 bits per heavy atom. The van der Waals surface area contributed by atoms with Crippen LogP contribution in [-0.2, 0) is 4.57 Å². The maximum atomic E-state index is 14.6. The zero-order valence-electron chi connectivity index (χ0n) is 16.0. The van der Waals surface area contributed by atoms with Crippen LogP contribution in [0.25, 0.3) is 21.8 Å². The maximum Gasteiger partial charge on any atom is 0.190 e. The fourth-order valence-electron chi connectivity index (χ4n) is 3.79. The van der Waals surface area contributed by atoms with Gasteiger partial charge >= 0.3 is 0 Å². The predicted octanol–water partition coefficient (Wildman–Crippen LogP) is 4.73. The zero-order valence-corrected chi connectivity index (χ0v) is 16.9. The molecule has 0 radical (unpaired) electrons. The summed E-state index contributed by atoms with van der Waals surface area (Å²) in [6, 6.07) is 31.4. The molecular weight excluding hydrogens is 375 g/mol. The van der Waals surface area contributed by atoms with E-state index in [9.17, 15) is 4.57 Å². The van der Waals surface area contributed by atoms with Crippen molar-refractivity contribution in [2.45, 2.75) is 6.92 Å². The molecule has 4 heteroatoms. The molecule has 5 rings (SSSR count). The molecular formula is C25H19N2OP. The normalized spacial score (nSPS) is 11.8. The van der Waals surface area contributed by atoms with Crippen molar-refractivity contribution < 1.29 is 4.57 Å². The van der Waals surface area contributed by atoms with E-state index in [-0.39, 0.29) is 0 Å². The lowest BCUT2D eigenvalue weighted by molar-refractivity contribution is 0.592. The highest BCUT2D eigenvalue weighted by Crippen LogP contribution is 2.42. The third-order valence-electron chi connectivity index (χ3n) is 5.22. The van der Waals surface area contributed by atoms with Gasteiger partial charge in [0.1, 0.15) is 5.44 Å². The lowest BCUT2D eigenvalue weighted by Gasteiger charge is -2.20. The molecule has 1 aromatic heterocycles. The van der Waals surface area contributed by atoms with E-state index in [2.05, 4.69) is 12.1 Å². The topological polar surface area (TPSA) is 42.9 Å². The Morgan fingerprint density at radius 1 is 0.621 bits per heavy atom. The summed E-state index contributed by atoms with van der Waals surface area (Å²) in [5, 5.41) is 3.75. The number of hydrogen-bond acceptors (Lipinski definition) is 3. The van der Waals surface area contributed by atoms with Crippen molar-refractivity contribution in [2.24, 2.45) is 0 Å². The van der Waals surface area contributed by atoms with Crippen molar-refractivity contribution in [3.63, 3.8) is 0 Å². The number of nitrogens with zero attached hydrogens (tertiary/aromatic N) is 2. The largest absolute Gasteiger partial charge is 0.307 e. The van der Waals surface area contributed by atoms with E-state index in [0.29, 0.717) is 11.1 Å². The predicted molar refractivity (Wildman–Crippen MR) is 121 cm³/mol. The van der Waals surface area contributed by atoms with Crippen LogP contribution in [0.4, 0.5) is 0 Å². The molecule has 0 saturated carbocycles. The van der Waals surface area contributed by atoms with E-state index in [4.69, 9.17) is 9.97 Å². The minimum absolute atomic E-state index is 0.553. The number of fused-ring (bicyclic) bond motifs is 2. The Bertz CT molecular complexity index is 1340. The number of aryl methyl sites for hydroxylation is 1. The lowest BCUT2D eigenvalue weighted by atomic mass is 10.1. The van der Waals surface area contributed by atoms with Crippen molar-refractivity contribution in [3.8, 4) is 0 Å². The molecule has 0 atom stereocenters. The van der Waals surface area contributed by atoms with Crippen LogP contribution in [0.15, 0.2) is 97.1 Å². The monoisotopic (exact) mass is 394 g/mol. The number of rotatable bonds is 3. The van der Waals surface area contributed by atoms with Crippen molar-refractivity contribution >= 4 is 45.0 Å². The Morgan fingerprint density at radius 2 is 1.07 bits per heavy atom. The van der Waals surface area contributed by atoms with Crippen LogP contribution in [-0.4, -0.2) is 9.97 Å². The highest BCUT2D eigenvalue weighted by molar-refractivity contribution is 7.85. The highest BCUT2D eigenvalue weighted by Gasteiger charge is 2.33. The summed E-state index contributed by atoms with van der Waals surface area (Å²) in [6.07, 6.45) is 0. The first-order chi connectivity index (χ1) is 14.2. The molecule has 0 unspecified atom stereocenters. The molecule has 0 spiro atoms. The van der Waals surface area contributed by atoms with Gasteiger partial charge in [0.25, 0.3) is 0 Å². The molecule has 0 saturated heterocycles. The second kappa shape index (κ2) is 6.95. The molecule has 140 valence electrons. The van der Waals surface area contributed by atoms with Crippen LogP contribution >= 0.6 is 7.14 Å². The van der Waals surface area contributed by atoms with Crippen LogP contribution in [0.5, 0.6) is 0 Å². The molecule has 0 N–H and O–H groups in total. The van der Waals surface area contributed by atoms with Crippen LogP contribution in [0.3, 0.4) is 0 Å². The molecule has 29 heavy (non-hydrogen) atoms. The van der Waals surface area contributed by atoms with Gasteiger partial charge in [0.15, 0.2) is 7.14 Å². The van der Waals surface area contributed by atoms with Gasteiger partial charge < -0.3 is 4.57 Å². The summed E-state index contributed by atoms with van der Waals surface area (Å²) >= 11 is 0. The fraction of sp³-hybridized carbons (Fsp3) is 0.0400. The van der Waals surface area contributed by atoms with Gasteiger partial charge in [-0.05, 0) is 29.8 Å². The maximum absolute atomic E-state index is 14.6. The quantitative estimate of drug-likeness (QED) is 0.328.